The van der Waals surface area contributed by atoms with E-state index in [1.165, 1.54) is 43.5 Å². The summed E-state index contributed by atoms with van der Waals surface area (Å²) in [6.07, 6.45) is 2.34. The lowest BCUT2D eigenvalue weighted by Crippen LogP contribution is -2.44. The van der Waals surface area contributed by atoms with Crippen LogP contribution >= 0.6 is 11.8 Å². The Morgan fingerprint density at radius 3 is 2.22 bits per heavy atom. The predicted molar refractivity (Wildman–Crippen MR) is 189 cm³/mol. The number of methoxy groups -OCH3 is 2. The predicted octanol–water partition coefficient (Wildman–Crippen LogP) is 7.40. The van der Waals surface area contributed by atoms with Crippen LogP contribution in [0.5, 0.6) is 11.5 Å². The van der Waals surface area contributed by atoms with E-state index in [9.17, 15) is 0 Å². The van der Waals surface area contributed by atoms with E-state index in [0.29, 0.717) is 0 Å². The monoisotopic (exact) mass is 617 g/mol. The number of thioether (sulfide) groups is 1. The van der Waals surface area contributed by atoms with Crippen LogP contribution in [0, 0.1) is 0 Å². The number of likely N-dealkylation sites (N-methyl/N-ethyl adjacent to an activating group) is 2. The van der Waals surface area contributed by atoms with Crippen LogP contribution in [-0.2, 0) is 6.54 Å². The van der Waals surface area contributed by atoms with E-state index in [1.807, 2.05) is 18.2 Å². The van der Waals surface area contributed by atoms with Crippen molar-refractivity contribution < 1.29 is 14.0 Å². The minimum absolute atomic E-state index is 0.798. The summed E-state index contributed by atoms with van der Waals surface area (Å²) in [5.74, 6) is 2.79. The summed E-state index contributed by atoms with van der Waals surface area (Å²) in [5.41, 5.74) is 6.93. The highest BCUT2D eigenvalue weighted by atomic mass is 32.2. The molecule has 45 heavy (non-hydrogen) atoms. The molecule has 0 saturated carbocycles. The molecule has 0 fully saturated rings. The molecule has 4 aromatic carbocycles. The highest BCUT2D eigenvalue weighted by molar-refractivity contribution is 8.03. The molecule has 230 valence electrons. The molecule has 0 aliphatic carbocycles. The average molecular weight is 618 g/mol. The Balaban J connectivity index is 1.43. The van der Waals surface area contributed by atoms with Crippen molar-refractivity contribution in [1.82, 2.24) is 4.90 Å². The van der Waals surface area contributed by atoms with Crippen LogP contribution < -0.4 is 23.8 Å². The zero-order chi connectivity index (χ0) is 31.5. The average Bonchev–Trinajstić information content (AvgIpc) is 3.38. The maximum Gasteiger partial charge on any atom is 0.277 e. The van der Waals surface area contributed by atoms with Gasteiger partial charge in [-0.15, -0.1) is 0 Å². The van der Waals surface area contributed by atoms with Gasteiger partial charge in [0, 0.05) is 29.9 Å². The topological polar surface area (TPSA) is 32.1 Å². The summed E-state index contributed by atoms with van der Waals surface area (Å²) in [4.78, 5) is 8.11. The summed E-state index contributed by atoms with van der Waals surface area (Å²) in [6.45, 7) is 2.69. The first-order valence-corrected chi connectivity index (χ1v) is 16.0. The van der Waals surface area contributed by atoms with Crippen LogP contribution in [0.1, 0.15) is 11.1 Å². The highest BCUT2D eigenvalue weighted by Crippen LogP contribution is 2.49. The fraction of sp³-hybridized carbons (Fsp3) is 0.237. The number of nitrogens with zero attached hydrogens (tertiary/aromatic N) is 4. The van der Waals surface area contributed by atoms with Gasteiger partial charge in [-0.2, -0.15) is 0 Å². The summed E-state index contributed by atoms with van der Waals surface area (Å²) in [5, 5.41) is 2.41. The molecule has 6 nitrogen and oxygen atoms in total. The summed E-state index contributed by atoms with van der Waals surface area (Å²) >= 11 is 1.80. The van der Waals surface area contributed by atoms with Crippen molar-refractivity contribution in [1.29, 1.82) is 0 Å². The van der Waals surface area contributed by atoms with Crippen LogP contribution in [0.15, 0.2) is 107 Å². The molecule has 0 saturated heterocycles. The minimum atomic E-state index is 0.798. The number of ether oxygens (including phenoxy) is 2. The normalized spacial score (nSPS) is 13.5. The molecule has 0 bridgehead atoms. The van der Waals surface area contributed by atoms with Crippen LogP contribution in [-0.4, -0.2) is 60.4 Å². The number of anilines is 2. The zero-order valence-corrected chi connectivity index (χ0v) is 27.8. The van der Waals surface area contributed by atoms with E-state index in [1.54, 1.807) is 26.0 Å². The molecule has 0 spiro atoms. The number of aromatic nitrogens is 1. The first-order valence-electron chi connectivity index (χ1n) is 15.2. The number of pyridine rings is 1. The molecular formula is C38H41N4O2S+. The second-order valence-corrected chi connectivity index (χ2v) is 12.7. The number of fused-ring (bicyclic) bond motifs is 2. The van der Waals surface area contributed by atoms with E-state index in [2.05, 4.69) is 132 Å². The number of rotatable bonds is 10. The van der Waals surface area contributed by atoms with E-state index < -0.39 is 0 Å². The van der Waals surface area contributed by atoms with Crippen molar-refractivity contribution >= 4 is 40.2 Å². The zero-order valence-electron chi connectivity index (χ0n) is 26.9. The Kier molecular flexibility index (Phi) is 9.01. The van der Waals surface area contributed by atoms with Gasteiger partial charge in [0.15, 0.2) is 0 Å². The summed E-state index contributed by atoms with van der Waals surface area (Å²) in [7, 11) is 12.0. The number of hydrogen-bond acceptors (Lipinski definition) is 6. The second-order valence-electron chi connectivity index (χ2n) is 11.6. The molecule has 1 aromatic heterocycles. The molecule has 5 aromatic rings. The molecule has 0 radical (unpaired) electrons. The molecule has 1 aliphatic rings. The van der Waals surface area contributed by atoms with Crippen LogP contribution in [0.3, 0.4) is 0 Å². The third kappa shape index (κ3) is 6.23. The lowest BCUT2D eigenvalue weighted by atomic mass is 10.0. The van der Waals surface area contributed by atoms with Gasteiger partial charge >= 0.3 is 0 Å². The van der Waals surface area contributed by atoms with Crippen LogP contribution in [0.4, 0.5) is 11.5 Å². The van der Waals surface area contributed by atoms with E-state index in [-0.39, 0.29) is 0 Å². The van der Waals surface area contributed by atoms with Crippen molar-refractivity contribution in [2.45, 2.75) is 11.4 Å². The first kappa shape index (κ1) is 30.6. The number of hydrogen-bond donors (Lipinski definition) is 0. The standard InChI is InChI=1S/C38H41N4O2S/c1-39(2)21-22-40(3)36-24-29(30-15-10-11-16-31(30)42(36)26-27-13-8-7-9-14-27)25-37-41(4)32-20-19-28(23-35(32)45-37)38-33(43-5)17-12-18-34(38)44-6/h7-20,23-25H,21-22,26H2,1-6H3/q+1. The van der Waals surface area contributed by atoms with E-state index >= 15 is 0 Å². The third-order valence-electron chi connectivity index (χ3n) is 8.39. The number of benzene rings is 4. The molecule has 0 unspecified atom stereocenters. The van der Waals surface area contributed by atoms with Gasteiger partial charge in [-0.25, -0.2) is 4.57 Å². The van der Waals surface area contributed by atoms with Crippen molar-refractivity contribution in [3.63, 3.8) is 0 Å². The molecule has 0 amide bonds. The molecular weight excluding hydrogens is 577 g/mol. The Bertz CT molecular complexity index is 1830. The molecule has 0 N–H and O–H groups in total. The van der Waals surface area contributed by atoms with E-state index in [0.717, 1.165) is 42.3 Å². The Morgan fingerprint density at radius 2 is 1.51 bits per heavy atom. The maximum atomic E-state index is 5.71. The fourth-order valence-corrected chi connectivity index (χ4v) is 7.07. The van der Waals surface area contributed by atoms with Gasteiger partial charge in [0.2, 0.25) is 0 Å². The van der Waals surface area contributed by atoms with Gasteiger partial charge in [-0.05, 0) is 67.2 Å². The lowest BCUT2D eigenvalue weighted by molar-refractivity contribution is -0.649. The molecule has 0 atom stereocenters. The van der Waals surface area contributed by atoms with Crippen LogP contribution in [0.25, 0.3) is 28.1 Å². The SMILES string of the molecule is COc1cccc(OC)c1-c1ccc2c(c1)SC(=Cc1cc(N(C)CCN(C)C)[n+](Cc3ccccc3)c3ccccc13)N2C. The van der Waals surface area contributed by atoms with E-state index in [4.69, 9.17) is 9.47 Å². The summed E-state index contributed by atoms with van der Waals surface area (Å²) in [6, 6.07) is 34.4. The molecule has 7 heteroatoms. The third-order valence-corrected chi connectivity index (χ3v) is 9.53. The second kappa shape index (κ2) is 13.3. The first-order chi connectivity index (χ1) is 21.9. The Labute approximate surface area is 271 Å². The molecule has 6 rings (SSSR count). The maximum absolute atomic E-state index is 5.71. The van der Waals surface area contributed by atoms with Gasteiger partial charge < -0.3 is 19.3 Å². The Hall–Kier alpha value is -4.46. The van der Waals surface area contributed by atoms with Gasteiger partial charge in [-0.3, -0.25) is 4.90 Å². The molecule has 2 heterocycles. The fourth-order valence-electron chi connectivity index (χ4n) is 5.93. The smallest absolute Gasteiger partial charge is 0.277 e. The van der Waals surface area contributed by atoms with Crippen molar-refractivity contribution in [3.8, 4) is 22.6 Å². The van der Waals surface area contributed by atoms with Crippen molar-refractivity contribution in [2.24, 2.45) is 0 Å². The minimum Gasteiger partial charge on any atom is -0.496 e. The largest absolute Gasteiger partial charge is 0.496 e. The van der Waals surface area contributed by atoms with Gasteiger partial charge in [0.05, 0.1) is 44.1 Å². The van der Waals surface area contributed by atoms with Crippen LogP contribution in [0.2, 0.25) is 0 Å². The van der Waals surface area contributed by atoms with Gasteiger partial charge in [-0.1, -0.05) is 72.4 Å². The van der Waals surface area contributed by atoms with Crippen molar-refractivity contribution in [2.75, 3.05) is 65.3 Å². The Morgan fingerprint density at radius 1 is 0.800 bits per heavy atom. The quantitative estimate of drug-likeness (QED) is 0.152. The summed E-state index contributed by atoms with van der Waals surface area (Å²) < 4.78 is 13.9. The lowest BCUT2D eigenvalue weighted by Gasteiger charge is -2.21. The van der Waals surface area contributed by atoms with Gasteiger partial charge in [0.25, 0.3) is 5.82 Å². The van der Waals surface area contributed by atoms with Crippen molar-refractivity contribution in [3.05, 3.63) is 113 Å². The number of para-hydroxylation sites is 1. The van der Waals surface area contributed by atoms with Gasteiger partial charge in [0.1, 0.15) is 23.6 Å². The highest BCUT2D eigenvalue weighted by Gasteiger charge is 2.26. The molecule has 1 aliphatic heterocycles.